The third-order valence-corrected chi connectivity index (χ3v) is 3.95. The smallest absolute Gasteiger partial charge is 0.270 e. The zero-order chi connectivity index (χ0) is 16.1. The summed E-state index contributed by atoms with van der Waals surface area (Å²) in [5, 5.41) is 9.27. The first-order valence-corrected chi connectivity index (χ1v) is 7.84. The van der Waals surface area contributed by atoms with E-state index in [1.54, 1.807) is 17.0 Å². The standard InChI is InChI=1S/C16H25N3O3/c1-12(2)10-18-7-8-19(11-13(18)6-9-20)16(22)14-4-3-5-15(21)17-14/h3-5,12-13,20H,6-11H2,1-2H3,(H,17,21). The van der Waals surface area contributed by atoms with Gasteiger partial charge in [0.15, 0.2) is 0 Å². The van der Waals surface area contributed by atoms with Gasteiger partial charge in [-0.3, -0.25) is 14.5 Å². The fraction of sp³-hybridized carbons (Fsp3) is 0.625. The van der Waals surface area contributed by atoms with Crippen molar-refractivity contribution in [2.24, 2.45) is 5.92 Å². The van der Waals surface area contributed by atoms with E-state index in [4.69, 9.17) is 0 Å². The quantitative estimate of drug-likeness (QED) is 0.832. The summed E-state index contributed by atoms with van der Waals surface area (Å²) in [4.78, 5) is 30.6. The van der Waals surface area contributed by atoms with Crippen LogP contribution < -0.4 is 5.56 Å². The average Bonchev–Trinajstić information content (AvgIpc) is 2.48. The van der Waals surface area contributed by atoms with Gasteiger partial charge < -0.3 is 15.0 Å². The minimum absolute atomic E-state index is 0.115. The highest BCUT2D eigenvalue weighted by Crippen LogP contribution is 2.16. The predicted molar refractivity (Wildman–Crippen MR) is 84.9 cm³/mol. The van der Waals surface area contributed by atoms with Crippen molar-refractivity contribution in [3.63, 3.8) is 0 Å². The average molecular weight is 307 g/mol. The van der Waals surface area contributed by atoms with E-state index in [0.717, 1.165) is 13.1 Å². The van der Waals surface area contributed by atoms with Crippen molar-refractivity contribution < 1.29 is 9.90 Å². The molecule has 0 radical (unpaired) electrons. The number of piperazine rings is 1. The van der Waals surface area contributed by atoms with Crippen LogP contribution in [0.5, 0.6) is 0 Å². The van der Waals surface area contributed by atoms with Crippen molar-refractivity contribution in [1.82, 2.24) is 14.8 Å². The van der Waals surface area contributed by atoms with E-state index in [2.05, 4.69) is 23.7 Å². The first-order valence-electron chi connectivity index (χ1n) is 7.84. The van der Waals surface area contributed by atoms with Gasteiger partial charge in [-0.1, -0.05) is 19.9 Å². The molecule has 2 N–H and O–H groups in total. The highest BCUT2D eigenvalue weighted by atomic mass is 16.3. The van der Waals surface area contributed by atoms with E-state index < -0.39 is 0 Å². The number of aliphatic hydroxyl groups excluding tert-OH is 1. The number of nitrogens with one attached hydrogen (secondary N) is 1. The zero-order valence-corrected chi connectivity index (χ0v) is 13.3. The highest BCUT2D eigenvalue weighted by molar-refractivity contribution is 5.92. The lowest BCUT2D eigenvalue weighted by molar-refractivity contribution is 0.0380. The Morgan fingerprint density at radius 3 is 2.82 bits per heavy atom. The summed E-state index contributed by atoms with van der Waals surface area (Å²) < 4.78 is 0. The number of rotatable bonds is 5. The van der Waals surface area contributed by atoms with Gasteiger partial charge in [0.05, 0.1) is 0 Å². The first kappa shape index (κ1) is 16.7. The molecule has 22 heavy (non-hydrogen) atoms. The molecule has 1 amide bonds. The molecule has 1 aliphatic heterocycles. The van der Waals surface area contributed by atoms with Gasteiger partial charge in [0.2, 0.25) is 5.56 Å². The van der Waals surface area contributed by atoms with Gasteiger partial charge in [-0.15, -0.1) is 0 Å². The Hall–Kier alpha value is -1.66. The maximum atomic E-state index is 12.5. The molecule has 6 nitrogen and oxygen atoms in total. The van der Waals surface area contributed by atoms with Crippen molar-refractivity contribution in [3.05, 3.63) is 34.2 Å². The van der Waals surface area contributed by atoms with Gasteiger partial charge in [0, 0.05) is 44.9 Å². The second-order valence-electron chi connectivity index (χ2n) is 6.23. The summed E-state index contributed by atoms with van der Waals surface area (Å²) >= 11 is 0. The number of carbonyl (C=O) groups excluding carboxylic acids is 1. The van der Waals surface area contributed by atoms with E-state index in [1.807, 2.05) is 0 Å². The molecule has 1 saturated heterocycles. The molecule has 0 aliphatic carbocycles. The molecule has 0 aromatic carbocycles. The number of hydrogen-bond acceptors (Lipinski definition) is 4. The lowest BCUT2D eigenvalue weighted by Gasteiger charge is -2.42. The van der Waals surface area contributed by atoms with Crippen LogP contribution >= 0.6 is 0 Å². The van der Waals surface area contributed by atoms with E-state index in [-0.39, 0.29) is 24.1 Å². The summed E-state index contributed by atoms with van der Waals surface area (Å²) in [5.41, 5.74) is 0.0590. The van der Waals surface area contributed by atoms with Crippen LogP contribution in [0.2, 0.25) is 0 Å². The van der Waals surface area contributed by atoms with Crippen LogP contribution in [0.3, 0.4) is 0 Å². The van der Waals surface area contributed by atoms with Gasteiger partial charge in [-0.05, 0) is 18.4 Å². The molecule has 1 aliphatic rings. The number of aromatic amines is 1. The number of carbonyl (C=O) groups is 1. The maximum Gasteiger partial charge on any atom is 0.270 e. The lowest BCUT2D eigenvalue weighted by Crippen LogP contribution is -2.55. The molecule has 1 aromatic rings. The van der Waals surface area contributed by atoms with Crippen molar-refractivity contribution >= 4 is 5.91 Å². The monoisotopic (exact) mass is 307 g/mol. The Labute approximate surface area is 130 Å². The van der Waals surface area contributed by atoms with Crippen LogP contribution in [-0.4, -0.2) is 64.6 Å². The van der Waals surface area contributed by atoms with Gasteiger partial charge in [-0.25, -0.2) is 0 Å². The predicted octanol–water partition coefficient (Wildman–Crippen LogP) is 0.540. The highest BCUT2D eigenvalue weighted by Gasteiger charge is 2.30. The molecular weight excluding hydrogens is 282 g/mol. The SMILES string of the molecule is CC(C)CN1CCN(C(=O)c2cccc(=O)[nH]2)CC1CCO. The second-order valence-corrected chi connectivity index (χ2v) is 6.23. The molecule has 1 aromatic heterocycles. The number of amides is 1. The van der Waals surface area contributed by atoms with Crippen LogP contribution in [-0.2, 0) is 0 Å². The number of hydrogen-bond donors (Lipinski definition) is 2. The molecule has 0 bridgehead atoms. The Kier molecular flexibility index (Phi) is 5.74. The van der Waals surface area contributed by atoms with Crippen LogP contribution in [0.25, 0.3) is 0 Å². The molecular formula is C16H25N3O3. The number of aliphatic hydroxyl groups is 1. The second kappa shape index (κ2) is 7.56. The molecule has 0 spiro atoms. The lowest BCUT2D eigenvalue weighted by atomic mass is 10.1. The zero-order valence-electron chi connectivity index (χ0n) is 13.3. The Balaban J connectivity index is 2.07. The summed E-state index contributed by atoms with van der Waals surface area (Å²) in [6, 6.07) is 4.78. The fourth-order valence-corrected chi connectivity index (χ4v) is 2.95. The van der Waals surface area contributed by atoms with E-state index in [1.165, 1.54) is 6.07 Å². The van der Waals surface area contributed by atoms with Crippen LogP contribution in [0.1, 0.15) is 30.8 Å². The first-order chi connectivity index (χ1) is 10.5. The molecule has 122 valence electrons. The molecule has 1 fully saturated rings. The molecule has 1 atom stereocenters. The van der Waals surface area contributed by atoms with Crippen LogP contribution in [0.4, 0.5) is 0 Å². The van der Waals surface area contributed by atoms with Crippen LogP contribution in [0, 0.1) is 5.92 Å². The third-order valence-electron chi connectivity index (χ3n) is 3.95. The van der Waals surface area contributed by atoms with E-state index in [9.17, 15) is 14.7 Å². The van der Waals surface area contributed by atoms with Crippen molar-refractivity contribution in [3.8, 4) is 0 Å². The summed E-state index contributed by atoms with van der Waals surface area (Å²) in [5.74, 6) is 0.402. The molecule has 1 unspecified atom stereocenters. The summed E-state index contributed by atoms with van der Waals surface area (Å²) in [7, 11) is 0. The number of aromatic nitrogens is 1. The summed E-state index contributed by atoms with van der Waals surface area (Å²) in [6.45, 7) is 7.45. The maximum absolute atomic E-state index is 12.5. The number of nitrogens with zero attached hydrogens (tertiary/aromatic N) is 2. The molecule has 0 saturated carbocycles. The Morgan fingerprint density at radius 2 is 2.18 bits per heavy atom. The van der Waals surface area contributed by atoms with Gasteiger partial charge in [-0.2, -0.15) is 0 Å². The van der Waals surface area contributed by atoms with Gasteiger partial charge in [0.1, 0.15) is 5.69 Å². The largest absolute Gasteiger partial charge is 0.396 e. The van der Waals surface area contributed by atoms with Gasteiger partial charge >= 0.3 is 0 Å². The van der Waals surface area contributed by atoms with Crippen LogP contribution in [0.15, 0.2) is 23.0 Å². The Morgan fingerprint density at radius 1 is 1.41 bits per heavy atom. The third kappa shape index (κ3) is 4.18. The molecule has 2 rings (SSSR count). The Bertz CT molecular complexity index is 556. The minimum atomic E-state index is -0.267. The van der Waals surface area contributed by atoms with Crippen molar-refractivity contribution in [2.45, 2.75) is 26.3 Å². The normalized spacial score (nSPS) is 19.6. The van der Waals surface area contributed by atoms with E-state index >= 15 is 0 Å². The van der Waals surface area contributed by atoms with Gasteiger partial charge in [0.25, 0.3) is 5.91 Å². The van der Waals surface area contributed by atoms with E-state index in [0.29, 0.717) is 31.1 Å². The molecule has 2 heterocycles. The molecule has 6 heteroatoms. The number of H-pyrrole nitrogens is 1. The fourth-order valence-electron chi connectivity index (χ4n) is 2.95. The summed E-state index contributed by atoms with van der Waals surface area (Å²) in [6.07, 6.45) is 0.655. The number of pyridine rings is 1. The minimum Gasteiger partial charge on any atom is -0.396 e. The van der Waals surface area contributed by atoms with Crippen molar-refractivity contribution in [2.75, 3.05) is 32.8 Å². The van der Waals surface area contributed by atoms with Crippen molar-refractivity contribution in [1.29, 1.82) is 0 Å². The topological polar surface area (TPSA) is 76.6 Å².